The number of hydrogen-bond donors (Lipinski definition) is 2. The second kappa shape index (κ2) is 6.75. The molecular weight excluding hydrogens is 272 g/mol. The molecule has 2 N–H and O–H groups in total. The van der Waals surface area contributed by atoms with Crippen LogP contribution in [0, 0.1) is 5.92 Å². The van der Waals surface area contributed by atoms with Crippen LogP contribution in [0.1, 0.15) is 43.0 Å². The van der Waals surface area contributed by atoms with Crippen LogP contribution in [-0.2, 0) is 0 Å². The molecule has 2 aromatic carbocycles. The van der Waals surface area contributed by atoms with Gasteiger partial charge in [-0.15, -0.1) is 0 Å². The maximum absolute atomic E-state index is 9.48. The van der Waals surface area contributed by atoms with E-state index in [0.717, 1.165) is 18.6 Å². The Labute approximate surface area is 131 Å². The third-order valence-corrected chi connectivity index (χ3v) is 4.55. The van der Waals surface area contributed by atoms with Crippen LogP contribution in [0.2, 0.25) is 0 Å². The van der Waals surface area contributed by atoms with Gasteiger partial charge in [-0.05, 0) is 17.5 Å². The molecule has 0 saturated carbocycles. The van der Waals surface area contributed by atoms with Crippen molar-refractivity contribution in [3.63, 3.8) is 0 Å². The molecule has 22 heavy (non-hydrogen) atoms. The molecule has 3 nitrogen and oxygen atoms in total. The highest BCUT2D eigenvalue weighted by Gasteiger charge is 2.35. The van der Waals surface area contributed by atoms with Crippen molar-refractivity contribution < 1.29 is 5.21 Å². The SMILES string of the molecule is CCC1/C(=N/O)CC(c2ccccc2)NC1c1ccccc1. The van der Waals surface area contributed by atoms with E-state index >= 15 is 0 Å². The van der Waals surface area contributed by atoms with E-state index in [0.29, 0.717) is 0 Å². The summed E-state index contributed by atoms with van der Waals surface area (Å²) in [5.74, 6) is 0.229. The molecule has 0 bridgehead atoms. The van der Waals surface area contributed by atoms with Gasteiger partial charge >= 0.3 is 0 Å². The zero-order chi connectivity index (χ0) is 15.4. The smallest absolute Gasteiger partial charge is 0.0639 e. The lowest BCUT2D eigenvalue weighted by molar-refractivity contribution is 0.287. The van der Waals surface area contributed by atoms with Gasteiger partial charge in [0.05, 0.1) is 5.71 Å². The van der Waals surface area contributed by atoms with E-state index in [1.54, 1.807) is 0 Å². The summed E-state index contributed by atoms with van der Waals surface area (Å²) < 4.78 is 0. The van der Waals surface area contributed by atoms with Crippen molar-refractivity contribution in [2.45, 2.75) is 31.8 Å². The van der Waals surface area contributed by atoms with Crippen molar-refractivity contribution in [3.05, 3.63) is 71.8 Å². The monoisotopic (exact) mass is 294 g/mol. The molecule has 3 rings (SSSR count). The molecule has 2 aromatic rings. The number of piperidine rings is 1. The van der Waals surface area contributed by atoms with Crippen molar-refractivity contribution in [2.24, 2.45) is 11.1 Å². The molecule has 0 radical (unpaired) electrons. The normalized spacial score (nSPS) is 27.0. The first-order chi connectivity index (χ1) is 10.8. The van der Waals surface area contributed by atoms with Gasteiger partial charge in [-0.1, -0.05) is 72.7 Å². The second-order valence-corrected chi connectivity index (χ2v) is 5.83. The number of nitrogens with zero attached hydrogens (tertiary/aromatic N) is 1. The first kappa shape index (κ1) is 14.8. The Kier molecular flexibility index (Phi) is 4.54. The van der Waals surface area contributed by atoms with Crippen LogP contribution in [-0.4, -0.2) is 10.9 Å². The van der Waals surface area contributed by atoms with E-state index < -0.39 is 0 Å². The third kappa shape index (κ3) is 2.90. The van der Waals surface area contributed by atoms with Crippen LogP contribution < -0.4 is 5.32 Å². The Bertz CT molecular complexity index is 624. The summed E-state index contributed by atoms with van der Waals surface area (Å²) in [6.45, 7) is 2.15. The van der Waals surface area contributed by atoms with E-state index in [1.165, 1.54) is 11.1 Å². The summed E-state index contributed by atoms with van der Waals surface area (Å²) in [6.07, 6.45) is 1.70. The van der Waals surface area contributed by atoms with E-state index in [4.69, 9.17) is 0 Å². The number of benzene rings is 2. The Morgan fingerprint density at radius 3 is 2.14 bits per heavy atom. The van der Waals surface area contributed by atoms with Crippen molar-refractivity contribution >= 4 is 5.71 Å². The molecule has 3 atom stereocenters. The molecule has 1 aliphatic rings. The highest BCUT2D eigenvalue weighted by Crippen LogP contribution is 2.36. The predicted octanol–water partition coefficient (Wildman–Crippen LogP) is 4.32. The topological polar surface area (TPSA) is 44.6 Å². The summed E-state index contributed by atoms with van der Waals surface area (Å²) in [7, 11) is 0. The lowest BCUT2D eigenvalue weighted by atomic mass is 9.79. The van der Waals surface area contributed by atoms with Gasteiger partial charge in [0.15, 0.2) is 0 Å². The Morgan fingerprint density at radius 1 is 1.00 bits per heavy atom. The minimum atomic E-state index is 0.177. The summed E-state index contributed by atoms with van der Waals surface area (Å²) in [5, 5.41) is 16.9. The molecule has 1 aliphatic heterocycles. The van der Waals surface area contributed by atoms with Crippen LogP contribution in [0.25, 0.3) is 0 Å². The highest BCUT2D eigenvalue weighted by atomic mass is 16.4. The van der Waals surface area contributed by atoms with Gasteiger partial charge in [0.25, 0.3) is 0 Å². The minimum Gasteiger partial charge on any atom is -0.411 e. The molecule has 0 spiro atoms. The number of nitrogens with one attached hydrogen (secondary N) is 1. The average Bonchev–Trinajstić information content (AvgIpc) is 2.62. The van der Waals surface area contributed by atoms with Crippen molar-refractivity contribution in [1.82, 2.24) is 5.32 Å². The van der Waals surface area contributed by atoms with Gasteiger partial charge in [0.2, 0.25) is 0 Å². The molecule has 3 heteroatoms. The summed E-state index contributed by atoms with van der Waals surface area (Å²) in [4.78, 5) is 0. The number of oxime groups is 1. The van der Waals surface area contributed by atoms with Crippen molar-refractivity contribution in [3.8, 4) is 0 Å². The summed E-state index contributed by atoms with van der Waals surface area (Å²) in [6, 6.07) is 21.2. The first-order valence-corrected chi connectivity index (χ1v) is 7.90. The molecule has 1 fully saturated rings. The largest absolute Gasteiger partial charge is 0.411 e. The Balaban J connectivity index is 1.95. The van der Waals surface area contributed by atoms with Crippen LogP contribution in [0.4, 0.5) is 0 Å². The van der Waals surface area contributed by atoms with Gasteiger partial charge in [-0.25, -0.2) is 0 Å². The van der Waals surface area contributed by atoms with E-state index in [1.807, 2.05) is 12.1 Å². The van der Waals surface area contributed by atoms with Gasteiger partial charge in [-0.3, -0.25) is 0 Å². The zero-order valence-corrected chi connectivity index (χ0v) is 12.8. The average molecular weight is 294 g/mol. The Hall–Kier alpha value is -2.13. The molecule has 114 valence electrons. The predicted molar refractivity (Wildman–Crippen MR) is 89.1 cm³/mol. The lowest BCUT2D eigenvalue weighted by Gasteiger charge is -2.38. The minimum absolute atomic E-state index is 0.177. The van der Waals surface area contributed by atoms with Gasteiger partial charge < -0.3 is 10.5 Å². The van der Waals surface area contributed by atoms with E-state index in [-0.39, 0.29) is 18.0 Å². The molecule has 0 aromatic heterocycles. The highest BCUT2D eigenvalue weighted by molar-refractivity contribution is 5.88. The Morgan fingerprint density at radius 2 is 1.59 bits per heavy atom. The molecule has 1 saturated heterocycles. The molecular formula is C19H22N2O. The summed E-state index contributed by atoms with van der Waals surface area (Å²) in [5.41, 5.74) is 3.37. The number of rotatable bonds is 3. The standard InChI is InChI=1S/C19H22N2O/c1-2-16-18(21-22)13-17(14-9-5-3-6-10-14)20-19(16)15-11-7-4-8-12-15/h3-12,16-17,19-20,22H,2,13H2,1H3/b21-18+. The fourth-order valence-corrected chi connectivity index (χ4v) is 3.42. The zero-order valence-electron chi connectivity index (χ0n) is 12.8. The van der Waals surface area contributed by atoms with Crippen molar-refractivity contribution in [2.75, 3.05) is 0 Å². The second-order valence-electron chi connectivity index (χ2n) is 5.83. The van der Waals surface area contributed by atoms with E-state index in [9.17, 15) is 5.21 Å². The fourth-order valence-electron chi connectivity index (χ4n) is 3.42. The molecule has 1 heterocycles. The lowest BCUT2D eigenvalue weighted by Crippen LogP contribution is -2.42. The van der Waals surface area contributed by atoms with Gasteiger partial charge in [-0.2, -0.15) is 0 Å². The van der Waals surface area contributed by atoms with Gasteiger partial charge in [0, 0.05) is 24.4 Å². The summed E-state index contributed by atoms with van der Waals surface area (Å²) >= 11 is 0. The maximum Gasteiger partial charge on any atom is 0.0639 e. The van der Waals surface area contributed by atoms with Crippen LogP contribution in [0.5, 0.6) is 0 Å². The molecule has 3 unspecified atom stereocenters. The van der Waals surface area contributed by atoms with Crippen LogP contribution >= 0.6 is 0 Å². The van der Waals surface area contributed by atoms with E-state index in [2.05, 4.69) is 65.9 Å². The molecule has 0 amide bonds. The third-order valence-electron chi connectivity index (χ3n) is 4.55. The first-order valence-electron chi connectivity index (χ1n) is 7.90. The molecule has 0 aliphatic carbocycles. The van der Waals surface area contributed by atoms with Crippen LogP contribution in [0.15, 0.2) is 65.8 Å². The fraction of sp³-hybridized carbons (Fsp3) is 0.316. The van der Waals surface area contributed by atoms with Crippen LogP contribution in [0.3, 0.4) is 0 Å². The van der Waals surface area contributed by atoms with Crippen molar-refractivity contribution in [1.29, 1.82) is 0 Å². The number of hydrogen-bond acceptors (Lipinski definition) is 3. The quantitative estimate of drug-likeness (QED) is 0.654. The van der Waals surface area contributed by atoms with Gasteiger partial charge in [0.1, 0.15) is 0 Å². The maximum atomic E-state index is 9.48.